The van der Waals surface area contributed by atoms with Gasteiger partial charge in [0.25, 0.3) is 0 Å². The van der Waals surface area contributed by atoms with E-state index < -0.39 is 5.60 Å². The van der Waals surface area contributed by atoms with E-state index >= 15 is 0 Å². The molecule has 0 saturated carbocycles. The smallest absolute Gasteiger partial charge is 0.410 e. The SMILES string of the molecule is CC(C)(C)OC(=O)N1CCC(Nc2ccc3c(c2)Sc2cccc(-c4cc(N5CCOCC5)cc(=O)[nH]4)c2S3)C1.CN1CCC(Nc2ccc3c(c2)Sc2cccc(-c4cc(N5CCOCC5)cc(=O)[nH]4)c2S3)C1. The van der Waals surface area contributed by atoms with E-state index in [2.05, 4.69) is 127 Å². The molecule has 0 aliphatic carbocycles. The molecule has 4 fully saturated rings. The van der Waals surface area contributed by atoms with Crippen molar-refractivity contribution in [3.05, 3.63) is 118 Å². The normalized spacial score (nSPS) is 19.4. The number of rotatable bonds is 8. The third kappa shape index (κ3) is 11.8. The van der Waals surface area contributed by atoms with Gasteiger partial charge in [0.1, 0.15) is 5.60 Å². The Kier molecular flexibility index (Phi) is 15.1. The van der Waals surface area contributed by atoms with E-state index in [1.54, 1.807) is 52.3 Å². The monoisotopic (exact) mass is 1070 g/mol. The molecule has 4 N–H and O–H groups in total. The van der Waals surface area contributed by atoms with Crippen LogP contribution in [0.5, 0.6) is 0 Å². The van der Waals surface area contributed by atoms with Crippen LogP contribution in [0.3, 0.4) is 0 Å². The van der Waals surface area contributed by atoms with E-state index in [0.29, 0.717) is 45.6 Å². The van der Waals surface area contributed by atoms with Gasteiger partial charge in [-0.2, -0.15) is 0 Å². The fourth-order valence-electron chi connectivity index (χ4n) is 10.1. The number of anilines is 4. The summed E-state index contributed by atoms with van der Waals surface area (Å²) in [6.07, 6.45) is 1.81. The summed E-state index contributed by atoms with van der Waals surface area (Å²) in [6, 6.07) is 34.0. The number of hydrogen-bond donors (Lipinski definition) is 4. The van der Waals surface area contributed by atoms with Gasteiger partial charge in [0.2, 0.25) is 11.1 Å². The van der Waals surface area contributed by atoms with Crippen molar-refractivity contribution in [2.45, 2.75) is 90.5 Å². The Morgan fingerprint density at radius 1 is 0.581 bits per heavy atom. The quantitative estimate of drug-likeness (QED) is 0.114. The number of carbonyl (C=O) groups is 1. The summed E-state index contributed by atoms with van der Waals surface area (Å²) in [6.45, 7) is 15.1. The van der Waals surface area contributed by atoms with E-state index in [-0.39, 0.29) is 23.3 Å². The average molecular weight is 1070 g/mol. The predicted molar refractivity (Wildman–Crippen MR) is 300 cm³/mol. The van der Waals surface area contributed by atoms with Gasteiger partial charge in [-0.15, -0.1) is 0 Å². The number of benzene rings is 4. The van der Waals surface area contributed by atoms with Gasteiger partial charge in [-0.3, -0.25) is 9.59 Å². The van der Waals surface area contributed by atoms with Crippen LogP contribution < -0.4 is 31.6 Å². The number of hydrogen-bond acceptors (Lipinski definition) is 15. The first-order chi connectivity index (χ1) is 35.8. The van der Waals surface area contributed by atoms with Gasteiger partial charge in [0.15, 0.2) is 0 Å². The molecule has 1 amide bonds. The Morgan fingerprint density at radius 2 is 1.07 bits per heavy atom. The minimum atomic E-state index is -0.493. The number of H-pyrrole nitrogens is 2. The number of likely N-dealkylation sites (N-methyl/N-ethyl adjacent to an activating group) is 1. The summed E-state index contributed by atoms with van der Waals surface area (Å²) in [5, 5.41) is 7.33. The molecule has 6 aliphatic rings. The molecule has 2 aromatic heterocycles. The molecule has 6 aromatic rings. The van der Waals surface area contributed by atoms with Crippen LogP contribution in [0.15, 0.2) is 146 Å². The Morgan fingerprint density at radius 3 is 1.54 bits per heavy atom. The maximum Gasteiger partial charge on any atom is 0.410 e. The van der Waals surface area contributed by atoms with Crippen LogP contribution in [-0.4, -0.2) is 129 Å². The van der Waals surface area contributed by atoms with Crippen molar-refractivity contribution in [3.63, 3.8) is 0 Å². The molecule has 4 saturated heterocycles. The number of fused-ring (bicyclic) bond motifs is 4. The van der Waals surface area contributed by atoms with Crippen molar-refractivity contribution in [1.82, 2.24) is 19.8 Å². The number of carbonyl (C=O) groups excluding carboxylic acids is 1. The highest BCUT2D eigenvalue weighted by Gasteiger charge is 2.31. The minimum absolute atomic E-state index is 0.0706. The van der Waals surface area contributed by atoms with Crippen molar-refractivity contribution in [1.29, 1.82) is 0 Å². The number of pyridine rings is 2. The van der Waals surface area contributed by atoms with Crippen LogP contribution in [0, 0.1) is 0 Å². The predicted octanol–water partition coefficient (Wildman–Crippen LogP) is 10.5. The van der Waals surface area contributed by atoms with Gasteiger partial charge in [0, 0.05) is 143 Å². The maximum absolute atomic E-state index is 12.6. The summed E-state index contributed by atoms with van der Waals surface area (Å²) in [4.78, 5) is 62.0. The highest BCUT2D eigenvalue weighted by Crippen LogP contribution is 2.54. The van der Waals surface area contributed by atoms with Gasteiger partial charge in [0.05, 0.1) is 37.8 Å². The molecule has 386 valence electrons. The molecule has 0 bridgehead atoms. The van der Waals surface area contributed by atoms with Gasteiger partial charge < -0.3 is 54.4 Å². The molecule has 18 heteroatoms. The number of nitrogens with zero attached hydrogens (tertiary/aromatic N) is 4. The summed E-state index contributed by atoms with van der Waals surface area (Å²) in [5.41, 5.74) is 7.27. The first kappa shape index (κ1) is 50.7. The zero-order valence-corrected chi connectivity index (χ0v) is 45.4. The van der Waals surface area contributed by atoms with Crippen molar-refractivity contribution in [3.8, 4) is 22.5 Å². The van der Waals surface area contributed by atoms with Crippen molar-refractivity contribution in [2.24, 2.45) is 0 Å². The molecular weight excluding hydrogens is 1010 g/mol. The second-order valence-electron chi connectivity index (χ2n) is 20.4. The Balaban J connectivity index is 0.000000161. The van der Waals surface area contributed by atoms with E-state index in [4.69, 9.17) is 14.2 Å². The third-order valence-electron chi connectivity index (χ3n) is 13.7. The Bertz CT molecular complexity index is 3170. The highest BCUT2D eigenvalue weighted by molar-refractivity contribution is 8.05. The number of aromatic nitrogens is 2. The minimum Gasteiger partial charge on any atom is -0.444 e. The number of ether oxygens (including phenoxy) is 3. The molecule has 0 spiro atoms. The lowest BCUT2D eigenvalue weighted by molar-refractivity contribution is 0.0293. The van der Waals surface area contributed by atoms with E-state index in [0.717, 1.165) is 90.2 Å². The Hall–Kier alpha value is -5.47. The number of morpholine rings is 2. The summed E-state index contributed by atoms with van der Waals surface area (Å²) in [7, 11) is 2.18. The molecule has 0 radical (unpaired) electrons. The van der Waals surface area contributed by atoms with Gasteiger partial charge in [-0.05, 0) is 108 Å². The van der Waals surface area contributed by atoms with Crippen LogP contribution in [-0.2, 0) is 14.2 Å². The van der Waals surface area contributed by atoms with E-state index in [1.165, 1.54) is 46.4 Å². The molecule has 8 heterocycles. The third-order valence-corrected chi connectivity index (χ3v) is 18.9. The summed E-state index contributed by atoms with van der Waals surface area (Å²) in [5.74, 6) is 0. The number of likely N-dealkylation sites (tertiary alicyclic amines) is 2. The summed E-state index contributed by atoms with van der Waals surface area (Å²) >= 11 is 7.09. The molecule has 74 heavy (non-hydrogen) atoms. The molecule has 4 aromatic carbocycles. The Labute approximate surface area is 449 Å². The highest BCUT2D eigenvalue weighted by atomic mass is 32.2. The molecule has 14 nitrogen and oxygen atoms in total. The second-order valence-corrected chi connectivity index (χ2v) is 24.6. The van der Waals surface area contributed by atoms with E-state index in [1.807, 2.05) is 32.5 Å². The standard InChI is InChI=1S/C30H34N4O4S2.C26H28N4O2S2/c1-30(2,3)38-29(36)34-10-9-20(18-34)31-19-7-8-24-26(15-19)39-25-6-4-5-22(28(25)40-24)23-16-21(17-27(35)32-23)33-11-13-37-14-12-33;1-29-8-7-18(16-29)27-17-5-6-22-24(13-17)33-23-4-2-3-20(26(23)34-22)21-14-19(15-25(31)28-21)30-9-11-32-12-10-30/h4-8,15-17,20,31H,9-14,18H2,1-3H3,(H,32,35);2-6,13-15,18,27H,7-12,16H2,1H3,(H,28,31). The first-order valence-corrected chi connectivity index (χ1v) is 28.7. The van der Waals surface area contributed by atoms with Gasteiger partial charge in [-0.1, -0.05) is 71.3 Å². The fraction of sp³-hybridized carbons (Fsp3) is 0.375. The topological polar surface area (TPSA) is 148 Å². The lowest BCUT2D eigenvalue weighted by Crippen LogP contribution is -2.36. The van der Waals surface area contributed by atoms with Crippen LogP contribution in [0.25, 0.3) is 22.5 Å². The zero-order chi connectivity index (χ0) is 50.9. The van der Waals surface area contributed by atoms with Crippen molar-refractivity contribution in [2.75, 3.05) is 106 Å². The van der Waals surface area contributed by atoms with Gasteiger partial charge in [-0.25, -0.2) is 4.79 Å². The van der Waals surface area contributed by atoms with Crippen molar-refractivity contribution >= 4 is 75.9 Å². The summed E-state index contributed by atoms with van der Waals surface area (Å²) < 4.78 is 16.5. The van der Waals surface area contributed by atoms with Crippen LogP contribution in [0.4, 0.5) is 27.5 Å². The van der Waals surface area contributed by atoms with Crippen molar-refractivity contribution < 1.29 is 19.0 Å². The van der Waals surface area contributed by atoms with E-state index in [9.17, 15) is 14.4 Å². The number of aromatic amines is 2. The molecule has 12 rings (SSSR count). The lowest BCUT2D eigenvalue weighted by Gasteiger charge is -2.29. The van der Waals surface area contributed by atoms with Crippen LogP contribution >= 0.6 is 47.0 Å². The fourth-order valence-corrected chi connectivity index (χ4v) is 14.9. The maximum atomic E-state index is 12.6. The molecule has 6 aliphatic heterocycles. The van der Waals surface area contributed by atoms with Crippen LogP contribution in [0.2, 0.25) is 0 Å². The largest absolute Gasteiger partial charge is 0.444 e. The number of amides is 1. The van der Waals surface area contributed by atoms with Gasteiger partial charge >= 0.3 is 6.09 Å². The first-order valence-electron chi connectivity index (χ1n) is 25.4. The number of nitrogens with one attached hydrogen (secondary N) is 4. The lowest BCUT2D eigenvalue weighted by atomic mass is 10.1. The zero-order valence-electron chi connectivity index (χ0n) is 42.2. The molecule has 2 unspecified atom stereocenters. The average Bonchev–Trinajstić information content (AvgIpc) is 4.05. The molecular formula is C56H62N8O6S4. The molecule has 2 atom stereocenters. The second kappa shape index (κ2) is 22.0. The van der Waals surface area contributed by atoms with Crippen LogP contribution in [0.1, 0.15) is 33.6 Å².